The zero-order valence-electron chi connectivity index (χ0n) is 9.83. The molecule has 1 heterocycles. The minimum atomic E-state index is -0.392. The summed E-state index contributed by atoms with van der Waals surface area (Å²) in [7, 11) is 0. The Kier molecular flexibility index (Phi) is 2.49. The summed E-state index contributed by atoms with van der Waals surface area (Å²) in [5.41, 5.74) is 0.905. The van der Waals surface area contributed by atoms with E-state index in [4.69, 9.17) is 4.74 Å². The van der Waals surface area contributed by atoms with Crippen LogP contribution in [0.5, 0.6) is 17.2 Å². The van der Waals surface area contributed by atoms with Crippen LogP contribution in [0.3, 0.4) is 0 Å². The summed E-state index contributed by atoms with van der Waals surface area (Å²) in [5.74, 6) is -0.524. The normalized spacial score (nSPS) is 15.4. The van der Waals surface area contributed by atoms with Crippen molar-refractivity contribution < 1.29 is 19.7 Å². The molecule has 0 unspecified atom stereocenters. The van der Waals surface area contributed by atoms with Gasteiger partial charge in [0.05, 0.1) is 0 Å². The molecule has 2 aromatic carbocycles. The molecule has 94 valence electrons. The largest absolute Gasteiger partial charge is 0.508 e. The number of carbonyl (C=O) groups excluding carboxylic acids is 1. The second kappa shape index (κ2) is 4.17. The van der Waals surface area contributed by atoms with Crippen LogP contribution in [0.25, 0.3) is 6.08 Å². The first kappa shape index (κ1) is 11.3. The zero-order valence-corrected chi connectivity index (χ0v) is 9.83. The van der Waals surface area contributed by atoms with Gasteiger partial charge >= 0.3 is 0 Å². The molecule has 0 saturated carbocycles. The van der Waals surface area contributed by atoms with Gasteiger partial charge in [-0.1, -0.05) is 30.3 Å². The van der Waals surface area contributed by atoms with Crippen LogP contribution in [0.4, 0.5) is 0 Å². The third-order valence-electron chi connectivity index (χ3n) is 2.83. The molecule has 0 aromatic heterocycles. The highest BCUT2D eigenvalue weighted by Crippen LogP contribution is 2.40. The van der Waals surface area contributed by atoms with Crippen molar-refractivity contribution in [3.05, 3.63) is 59.4 Å². The first-order chi connectivity index (χ1) is 9.15. The lowest BCUT2D eigenvalue weighted by Crippen LogP contribution is -1.98. The fourth-order valence-electron chi connectivity index (χ4n) is 1.98. The average molecular weight is 254 g/mol. The summed E-state index contributed by atoms with van der Waals surface area (Å²) in [6.45, 7) is 0. The van der Waals surface area contributed by atoms with Gasteiger partial charge in [0.15, 0.2) is 5.76 Å². The quantitative estimate of drug-likeness (QED) is 0.768. The minimum Gasteiger partial charge on any atom is -0.508 e. The highest BCUT2D eigenvalue weighted by molar-refractivity contribution is 6.16. The monoisotopic (exact) mass is 254 g/mol. The molecule has 0 bridgehead atoms. The molecule has 1 aliphatic rings. The highest BCUT2D eigenvalue weighted by Gasteiger charge is 2.31. The number of allylic oxidation sites excluding steroid dienone is 1. The number of ketones is 1. The first-order valence-corrected chi connectivity index (χ1v) is 5.70. The third-order valence-corrected chi connectivity index (χ3v) is 2.83. The van der Waals surface area contributed by atoms with Crippen molar-refractivity contribution in [1.29, 1.82) is 0 Å². The van der Waals surface area contributed by atoms with Crippen LogP contribution in [-0.4, -0.2) is 16.0 Å². The summed E-state index contributed by atoms with van der Waals surface area (Å²) in [6, 6.07) is 11.7. The molecule has 2 aromatic rings. The molecule has 0 aliphatic carbocycles. The predicted octanol–water partition coefficient (Wildman–Crippen LogP) is 2.71. The maximum atomic E-state index is 12.1. The van der Waals surface area contributed by atoms with Crippen LogP contribution in [0.15, 0.2) is 48.2 Å². The van der Waals surface area contributed by atoms with Crippen LogP contribution in [0.2, 0.25) is 0 Å². The number of rotatable bonds is 1. The minimum absolute atomic E-state index is 0.0833. The number of phenolic OH excluding ortho intramolecular Hbond substituents is 2. The lowest BCUT2D eigenvalue weighted by molar-refractivity contribution is 0.101. The van der Waals surface area contributed by atoms with Gasteiger partial charge in [0, 0.05) is 12.1 Å². The number of hydrogen-bond donors (Lipinski definition) is 2. The van der Waals surface area contributed by atoms with Crippen LogP contribution in [0.1, 0.15) is 15.9 Å². The third kappa shape index (κ3) is 1.93. The topological polar surface area (TPSA) is 66.8 Å². The van der Waals surface area contributed by atoms with Crippen molar-refractivity contribution in [2.75, 3.05) is 0 Å². The smallest absolute Gasteiger partial charge is 0.235 e. The summed E-state index contributed by atoms with van der Waals surface area (Å²) < 4.78 is 5.38. The Labute approximate surface area is 109 Å². The summed E-state index contributed by atoms with van der Waals surface area (Å²) >= 11 is 0. The summed E-state index contributed by atoms with van der Waals surface area (Å²) in [6.07, 6.45) is 1.60. The van der Waals surface area contributed by atoms with Gasteiger partial charge in [-0.05, 0) is 11.6 Å². The van der Waals surface area contributed by atoms with Gasteiger partial charge in [-0.3, -0.25) is 4.79 Å². The van der Waals surface area contributed by atoms with Crippen LogP contribution in [-0.2, 0) is 0 Å². The number of ether oxygens (including phenoxy) is 1. The Hall–Kier alpha value is -2.75. The average Bonchev–Trinajstić information content (AvgIpc) is 2.67. The predicted molar refractivity (Wildman–Crippen MR) is 69.1 cm³/mol. The second-order valence-corrected chi connectivity index (χ2v) is 4.19. The molecule has 2 N–H and O–H groups in total. The van der Waals surface area contributed by atoms with E-state index in [9.17, 15) is 15.0 Å². The molecule has 19 heavy (non-hydrogen) atoms. The number of phenols is 2. The fraction of sp³-hybridized carbons (Fsp3) is 0. The molecule has 0 fully saturated rings. The molecule has 0 saturated heterocycles. The Balaban J connectivity index is 2.05. The van der Waals surface area contributed by atoms with Crippen LogP contribution >= 0.6 is 0 Å². The van der Waals surface area contributed by atoms with Crippen LogP contribution in [0, 0.1) is 0 Å². The molecule has 0 amide bonds. The molecule has 0 spiro atoms. The Morgan fingerprint density at radius 1 is 1.05 bits per heavy atom. The molecule has 4 heteroatoms. The van der Waals surface area contributed by atoms with E-state index in [0.29, 0.717) is 0 Å². The van der Waals surface area contributed by atoms with Gasteiger partial charge in [0.1, 0.15) is 22.8 Å². The van der Waals surface area contributed by atoms with Crippen molar-refractivity contribution in [2.45, 2.75) is 0 Å². The molecule has 1 aliphatic heterocycles. The molecule has 0 atom stereocenters. The van der Waals surface area contributed by atoms with Crippen LogP contribution < -0.4 is 4.74 Å². The molecule has 0 radical (unpaired) electrons. The van der Waals surface area contributed by atoms with E-state index in [0.717, 1.165) is 11.6 Å². The number of benzene rings is 2. The summed E-state index contributed by atoms with van der Waals surface area (Å²) in [5, 5.41) is 19.0. The molecular formula is C15H10O4. The SMILES string of the molecule is O=C1C(=Cc2ccccc2)Oc2cc(O)cc(O)c21. The van der Waals surface area contributed by atoms with Gasteiger partial charge < -0.3 is 14.9 Å². The standard InChI is InChI=1S/C15H10O4/c16-10-7-11(17)14-12(8-10)19-13(15(14)18)6-9-4-2-1-3-5-9/h1-8,16-17H. The maximum absolute atomic E-state index is 12.1. The second-order valence-electron chi connectivity index (χ2n) is 4.19. The molecule has 4 nitrogen and oxygen atoms in total. The Bertz CT molecular complexity index is 687. The first-order valence-electron chi connectivity index (χ1n) is 5.70. The highest BCUT2D eigenvalue weighted by atomic mass is 16.5. The number of carbonyl (C=O) groups is 1. The van der Waals surface area contributed by atoms with E-state index in [1.54, 1.807) is 6.08 Å². The number of fused-ring (bicyclic) bond motifs is 1. The molecule has 3 rings (SSSR count). The lowest BCUT2D eigenvalue weighted by Gasteiger charge is -2.00. The van der Waals surface area contributed by atoms with Gasteiger partial charge in [0.2, 0.25) is 5.78 Å². The number of aromatic hydroxyl groups is 2. The van der Waals surface area contributed by atoms with E-state index in [1.165, 1.54) is 6.07 Å². The zero-order chi connectivity index (χ0) is 13.4. The maximum Gasteiger partial charge on any atom is 0.235 e. The van der Waals surface area contributed by atoms with Crippen molar-refractivity contribution in [3.8, 4) is 17.2 Å². The van der Waals surface area contributed by atoms with E-state index in [1.807, 2.05) is 30.3 Å². The Morgan fingerprint density at radius 2 is 1.79 bits per heavy atom. The van der Waals surface area contributed by atoms with Gasteiger partial charge in [-0.25, -0.2) is 0 Å². The summed E-state index contributed by atoms with van der Waals surface area (Å²) in [4.78, 5) is 12.1. The molecular weight excluding hydrogens is 244 g/mol. The number of Topliss-reactive ketones (excluding diaryl/α,β-unsaturated/α-hetero) is 1. The van der Waals surface area contributed by atoms with Crippen molar-refractivity contribution in [3.63, 3.8) is 0 Å². The van der Waals surface area contributed by atoms with Gasteiger partial charge in [0.25, 0.3) is 0 Å². The lowest BCUT2D eigenvalue weighted by atomic mass is 10.1. The van der Waals surface area contributed by atoms with Crippen molar-refractivity contribution in [1.82, 2.24) is 0 Å². The van der Waals surface area contributed by atoms with E-state index >= 15 is 0 Å². The van der Waals surface area contributed by atoms with Crippen molar-refractivity contribution >= 4 is 11.9 Å². The van der Waals surface area contributed by atoms with Gasteiger partial charge in [-0.2, -0.15) is 0 Å². The van der Waals surface area contributed by atoms with E-state index in [-0.39, 0.29) is 28.6 Å². The van der Waals surface area contributed by atoms with E-state index < -0.39 is 5.78 Å². The van der Waals surface area contributed by atoms with Gasteiger partial charge in [-0.15, -0.1) is 0 Å². The number of hydrogen-bond acceptors (Lipinski definition) is 4. The van der Waals surface area contributed by atoms with E-state index in [2.05, 4.69) is 0 Å². The fourth-order valence-corrected chi connectivity index (χ4v) is 1.98. The van der Waals surface area contributed by atoms with Crippen molar-refractivity contribution in [2.24, 2.45) is 0 Å². The Morgan fingerprint density at radius 3 is 2.53 bits per heavy atom.